The van der Waals surface area contributed by atoms with Crippen molar-refractivity contribution in [1.82, 2.24) is 10.3 Å². The number of aryl methyl sites for hydroxylation is 2. The highest BCUT2D eigenvalue weighted by Crippen LogP contribution is 2.28. The van der Waals surface area contributed by atoms with E-state index in [1.54, 1.807) is 13.8 Å². The van der Waals surface area contributed by atoms with Crippen LogP contribution in [0.15, 0.2) is 22.8 Å². The molecule has 0 unspecified atom stereocenters. The average molecular weight is 303 g/mol. The van der Waals surface area contributed by atoms with E-state index < -0.39 is 6.10 Å². The Morgan fingerprint density at radius 3 is 2.55 bits per heavy atom. The molecule has 0 fully saturated rings. The molecular formula is C16H21N3O3. The third kappa shape index (κ3) is 3.63. The van der Waals surface area contributed by atoms with E-state index in [9.17, 15) is 4.79 Å². The molecule has 118 valence electrons. The van der Waals surface area contributed by atoms with Gasteiger partial charge in [0.25, 0.3) is 5.91 Å². The first-order chi connectivity index (χ1) is 10.4. The molecule has 1 aromatic heterocycles. The second-order valence-corrected chi connectivity index (χ2v) is 5.64. The summed E-state index contributed by atoms with van der Waals surface area (Å²) in [5, 5.41) is 9.89. The number of aromatic nitrogens is 2. The van der Waals surface area contributed by atoms with Crippen LogP contribution < -0.4 is 10.1 Å². The van der Waals surface area contributed by atoms with E-state index in [0.717, 1.165) is 16.9 Å². The number of nitrogens with zero attached hydrogens (tertiary/aromatic N) is 2. The number of carbonyl (C=O) groups is 1. The van der Waals surface area contributed by atoms with Gasteiger partial charge < -0.3 is 10.1 Å². The summed E-state index contributed by atoms with van der Waals surface area (Å²) in [4.78, 5) is 12.2. The Bertz CT molecular complexity index is 664. The van der Waals surface area contributed by atoms with E-state index in [2.05, 4.69) is 34.1 Å². The summed E-state index contributed by atoms with van der Waals surface area (Å²) in [5.74, 6) is 1.06. The van der Waals surface area contributed by atoms with Gasteiger partial charge in [-0.15, -0.1) is 0 Å². The first-order valence-corrected chi connectivity index (χ1v) is 7.25. The first-order valence-electron chi connectivity index (χ1n) is 7.25. The largest absolute Gasteiger partial charge is 0.481 e. The maximum atomic E-state index is 12.2. The van der Waals surface area contributed by atoms with Crippen LogP contribution >= 0.6 is 0 Å². The number of carbonyl (C=O) groups excluding carboxylic acids is 1. The SMILES string of the molecule is Cc1ccc(C(C)C)c(O[C@H](C)C(=O)Nc2nonc2C)c1. The van der Waals surface area contributed by atoms with Crippen LogP contribution in [0.5, 0.6) is 5.75 Å². The fourth-order valence-electron chi connectivity index (χ4n) is 2.03. The number of amides is 1. The summed E-state index contributed by atoms with van der Waals surface area (Å²) in [6.07, 6.45) is -0.657. The number of nitrogens with one attached hydrogen (secondary N) is 1. The lowest BCUT2D eigenvalue weighted by atomic mass is 10.0. The Kier molecular flexibility index (Phi) is 4.80. The standard InChI is InChI=1S/C16H21N3O3/c1-9(2)13-7-6-10(3)8-14(13)21-12(5)16(20)17-15-11(4)18-22-19-15/h6-9,12H,1-5H3,(H,17,19,20)/t12-/m1/s1. The quantitative estimate of drug-likeness (QED) is 0.917. The van der Waals surface area contributed by atoms with Crippen molar-refractivity contribution in [3.8, 4) is 5.75 Å². The van der Waals surface area contributed by atoms with Crippen molar-refractivity contribution in [3.63, 3.8) is 0 Å². The summed E-state index contributed by atoms with van der Waals surface area (Å²) in [5.41, 5.74) is 2.69. The van der Waals surface area contributed by atoms with Gasteiger partial charge in [-0.25, -0.2) is 4.63 Å². The number of anilines is 1. The molecule has 0 aliphatic carbocycles. The second kappa shape index (κ2) is 6.60. The lowest BCUT2D eigenvalue weighted by molar-refractivity contribution is -0.122. The van der Waals surface area contributed by atoms with E-state index in [1.807, 2.05) is 25.1 Å². The highest BCUT2D eigenvalue weighted by Gasteiger charge is 2.19. The van der Waals surface area contributed by atoms with Crippen molar-refractivity contribution < 1.29 is 14.2 Å². The van der Waals surface area contributed by atoms with Gasteiger partial charge in [0.2, 0.25) is 0 Å². The molecule has 0 aliphatic rings. The van der Waals surface area contributed by atoms with E-state index in [1.165, 1.54) is 0 Å². The van der Waals surface area contributed by atoms with E-state index in [4.69, 9.17) is 4.74 Å². The first kappa shape index (κ1) is 16.0. The number of ether oxygens (including phenoxy) is 1. The van der Waals surface area contributed by atoms with Gasteiger partial charge in [-0.1, -0.05) is 31.1 Å². The van der Waals surface area contributed by atoms with Gasteiger partial charge in [0.05, 0.1) is 0 Å². The zero-order valence-corrected chi connectivity index (χ0v) is 13.5. The van der Waals surface area contributed by atoms with Crippen LogP contribution in [0, 0.1) is 13.8 Å². The van der Waals surface area contributed by atoms with E-state index in [-0.39, 0.29) is 5.91 Å². The summed E-state index contributed by atoms with van der Waals surface area (Å²) >= 11 is 0. The number of benzene rings is 1. The fraction of sp³-hybridized carbons (Fsp3) is 0.438. The predicted molar refractivity (Wildman–Crippen MR) is 83.0 cm³/mol. The van der Waals surface area contributed by atoms with Crippen LogP contribution in [-0.2, 0) is 4.79 Å². The lowest BCUT2D eigenvalue weighted by Gasteiger charge is -2.19. The van der Waals surface area contributed by atoms with Crippen LogP contribution in [0.4, 0.5) is 5.82 Å². The van der Waals surface area contributed by atoms with Crippen molar-refractivity contribution in [3.05, 3.63) is 35.0 Å². The van der Waals surface area contributed by atoms with Gasteiger partial charge in [-0.05, 0) is 49.0 Å². The molecule has 1 aromatic carbocycles. The van der Waals surface area contributed by atoms with Gasteiger partial charge >= 0.3 is 0 Å². The third-order valence-corrected chi connectivity index (χ3v) is 3.36. The van der Waals surface area contributed by atoms with Gasteiger partial charge in [0.15, 0.2) is 11.9 Å². The summed E-state index contributed by atoms with van der Waals surface area (Å²) in [6, 6.07) is 6.02. The van der Waals surface area contributed by atoms with Crippen molar-refractivity contribution >= 4 is 11.7 Å². The Morgan fingerprint density at radius 1 is 1.23 bits per heavy atom. The maximum absolute atomic E-state index is 12.2. The molecule has 0 saturated heterocycles. The highest BCUT2D eigenvalue weighted by atomic mass is 16.6. The minimum Gasteiger partial charge on any atom is -0.481 e. The molecule has 6 heteroatoms. The molecule has 1 heterocycles. The Balaban J connectivity index is 2.11. The van der Waals surface area contributed by atoms with Crippen molar-refractivity contribution in [2.75, 3.05) is 5.32 Å². The molecule has 0 bridgehead atoms. The molecule has 0 aliphatic heterocycles. The number of hydrogen-bond donors (Lipinski definition) is 1. The third-order valence-electron chi connectivity index (χ3n) is 3.36. The highest BCUT2D eigenvalue weighted by molar-refractivity contribution is 5.93. The molecule has 6 nitrogen and oxygen atoms in total. The molecule has 1 atom stereocenters. The molecular weight excluding hydrogens is 282 g/mol. The molecule has 0 saturated carbocycles. The number of hydrogen-bond acceptors (Lipinski definition) is 5. The Labute approximate surface area is 129 Å². The van der Waals surface area contributed by atoms with E-state index in [0.29, 0.717) is 17.4 Å². The summed E-state index contributed by atoms with van der Waals surface area (Å²) in [6.45, 7) is 9.57. The molecule has 0 radical (unpaired) electrons. The Hall–Kier alpha value is -2.37. The van der Waals surface area contributed by atoms with Crippen LogP contribution in [0.2, 0.25) is 0 Å². The smallest absolute Gasteiger partial charge is 0.266 e. The minimum absolute atomic E-state index is 0.296. The monoisotopic (exact) mass is 303 g/mol. The Morgan fingerprint density at radius 2 is 1.95 bits per heavy atom. The number of rotatable bonds is 5. The van der Waals surface area contributed by atoms with Crippen LogP contribution in [-0.4, -0.2) is 22.3 Å². The zero-order chi connectivity index (χ0) is 16.3. The topological polar surface area (TPSA) is 77.2 Å². The average Bonchev–Trinajstić information content (AvgIpc) is 2.84. The van der Waals surface area contributed by atoms with Gasteiger partial charge in [-0.3, -0.25) is 4.79 Å². The van der Waals surface area contributed by atoms with Crippen LogP contribution in [0.3, 0.4) is 0 Å². The molecule has 0 spiro atoms. The maximum Gasteiger partial charge on any atom is 0.266 e. The molecule has 22 heavy (non-hydrogen) atoms. The van der Waals surface area contributed by atoms with Gasteiger partial charge in [0, 0.05) is 0 Å². The van der Waals surface area contributed by atoms with Crippen molar-refractivity contribution in [2.24, 2.45) is 0 Å². The minimum atomic E-state index is -0.657. The van der Waals surface area contributed by atoms with Crippen molar-refractivity contribution in [1.29, 1.82) is 0 Å². The van der Waals surface area contributed by atoms with E-state index >= 15 is 0 Å². The normalized spacial score (nSPS) is 12.3. The molecule has 1 N–H and O–H groups in total. The predicted octanol–water partition coefficient (Wildman–Crippen LogP) is 3.22. The van der Waals surface area contributed by atoms with Crippen LogP contribution in [0.1, 0.15) is 43.5 Å². The van der Waals surface area contributed by atoms with Gasteiger partial charge in [-0.2, -0.15) is 0 Å². The molecule has 2 aromatic rings. The lowest BCUT2D eigenvalue weighted by Crippen LogP contribution is -2.30. The molecule has 1 amide bonds. The fourth-order valence-corrected chi connectivity index (χ4v) is 2.03. The summed E-state index contributed by atoms with van der Waals surface area (Å²) in [7, 11) is 0. The second-order valence-electron chi connectivity index (χ2n) is 5.64. The van der Waals surface area contributed by atoms with Gasteiger partial charge in [0.1, 0.15) is 11.4 Å². The van der Waals surface area contributed by atoms with Crippen molar-refractivity contribution in [2.45, 2.75) is 46.6 Å². The molecule has 2 rings (SSSR count). The summed E-state index contributed by atoms with van der Waals surface area (Å²) < 4.78 is 10.4. The zero-order valence-electron chi connectivity index (χ0n) is 13.5. The van der Waals surface area contributed by atoms with Crippen LogP contribution in [0.25, 0.3) is 0 Å².